The Morgan fingerprint density at radius 1 is 1.39 bits per heavy atom. The fourth-order valence-electron chi connectivity index (χ4n) is 2.36. The minimum Gasteiger partial charge on any atom is -0.483 e. The van der Waals surface area contributed by atoms with Crippen LogP contribution in [0.5, 0.6) is 5.75 Å². The van der Waals surface area contributed by atoms with Crippen LogP contribution in [0.25, 0.3) is 0 Å². The normalized spacial score (nSPS) is 22.3. The molecule has 2 aromatic rings. The van der Waals surface area contributed by atoms with Crippen LogP contribution in [-0.2, 0) is 0 Å². The van der Waals surface area contributed by atoms with Gasteiger partial charge in [0, 0.05) is 29.1 Å². The molecule has 1 aliphatic heterocycles. The van der Waals surface area contributed by atoms with Crippen molar-refractivity contribution in [2.45, 2.75) is 25.5 Å². The molecule has 0 saturated heterocycles. The maximum atomic E-state index is 6.07. The number of nitrogens with one attached hydrogen (secondary N) is 1. The van der Waals surface area contributed by atoms with E-state index in [1.54, 1.807) is 11.3 Å². The van der Waals surface area contributed by atoms with Gasteiger partial charge in [0.1, 0.15) is 10.8 Å². The molecule has 2 heterocycles. The van der Waals surface area contributed by atoms with E-state index in [0.717, 1.165) is 22.9 Å². The second-order valence-corrected chi connectivity index (χ2v) is 5.44. The largest absolute Gasteiger partial charge is 0.483 e. The van der Waals surface area contributed by atoms with E-state index in [0.29, 0.717) is 6.04 Å². The zero-order chi connectivity index (χ0) is 12.5. The van der Waals surface area contributed by atoms with Gasteiger partial charge in [-0.3, -0.25) is 0 Å². The third-order valence-electron chi connectivity index (χ3n) is 3.27. The van der Waals surface area contributed by atoms with Gasteiger partial charge in [-0.15, -0.1) is 11.3 Å². The average molecular weight is 260 g/mol. The van der Waals surface area contributed by atoms with Crippen molar-refractivity contribution >= 4 is 11.3 Å². The van der Waals surface area contributed by atoms with Crippen LogP contribution in [0.1, 0.15) is 34.8 Å². The lowest BCUT2D eigenvalue weighted by molar-refractivity contribution is 0.153. The summed E-state index contributed by atoms with van der Waals surface area (Å²) in [5, 5.41) is 6.51. The number of nitrogens with zero attached hydrogens (tertiary/aromatic N) is 1. The number of ether oxygens (including phenoxy) is 1. The highest BCUT2D eigenvalue weighted by atomic mass is 32.1. The SMILES string of the molecule is CNC1CC(c2nc(C)cs2)Oc2ccccc21. The van der Waals surface area contributed by atoms with Crippen LogP contribution in [0.4, 0.5) is 0 Å². The Morgan fingerprint density at radius 3 is 2.94 bits per heavy atom. The van der Waals surface area contributed by atoms with Crippen LogP contribution in [-0.4, -0.2) is 12.0 Å². The molecule has 0 fully saturated rings. The summed E-state index contributed by atoms with van der Waals surface area (Å²) in [5.74, 6) is 0.973. The maximum absolute atomic E-state index is 6.07. The standard InChI is InChI=1S/C14H16N2OS/c1-9-8-18-14(16-9)13-7-11(15-2)10-5-3-4-6-12(10)17-13/h3-6,8,11,13,15H,7H2,1-2H3. The number of para-hydroxylation sites is 1. The Hall–Kier alpha value is -1.39. The Bertz CT molecular complexity index is 552. The smallest absolute Gasteiger partial charge is 0.152 e. The van der Waals surface area contributed by atoms with Crippen molar-refractivity contribution in [1.82, 2.24) is 10.3 Å². The molecule has 1 aliphatic rings. The minimum atomic E-state index is 0.0658. The summed E-state index contributed by atoms with van der Waals surface area (Å²) >= 11 is 1.68. The number of hydrogen-bond acceptors (Lipinski definition) is 4. The first-order valence-electron chi connectivity index (χ1n) is 6.13. The average Bonchev–Trinajstić information content (AvgIpc) is 2.84. The zero-order valence-corrected chi connectivity index (χ0v) is 11.3. The molecule has 1 aromatic carbocycles. The predicted octanol–water partition coefficient (Wildman–Crippen LogP) is 3.24. The fourth-order valence-corrected chi connectivity index (χ4v) is 3.20. The summed E-state index contributed by atoms with van der Waals surface area (Å²) in [4.78, 5) is 4.54. The highest BCUT2D eigenvalue weighted by Gasteiger charge is 2.29. The van der Waals surface area contributed by atoms with E-state index in [1.807, 2.05) is 26.1 Å². The molecule has 1 aromatic heterocycles. The number of fused-ring (bicyclic) bond motifs is 1. The van der Waals surface area contributed by atoms with E-state index < -0.39 is 0 Å². The first-order chi connectivity index (χ1) is 8.78. The van der Waals surface area contributed by atoms with Crippen molar-refractivity contribution in [2.75, 3.05) is 7.05 Å². The predicted molar refractivity (Wildman–Crippen MR) is 73.1 cm³/mol. The molecule has 0 bridgehead atoms. The molecule has 3 nitrogen and oxygen atoms in total. The molecular weight excluding hydrogens is 244 g/mol. The molecule has 94 valence electrons. The molecule has 2 atom stereocenters. The van der Waals surface area contributed by atoms with E-state index in [4.69, 9.17) is 4.74 Å². The fraction of sp³-hybridized carbons (Fsp3) is 0.357. The lowest BCUT2D eigenvalue weighted by atomic mass is 9.97. The van der Waals surface area contributed by atoms with Crippen LogP contribution in [0.2, 0.25) is 0 Å². The Morgan fingerprint density at radius 2 is 2.22 bits per heavy atom. The Labute approximate surface area is 111 Å². The first-order valence-corrected chi connectivity index (χ1v) is 7.01. The first kappa shape index (κ1) is 11.7. The van der Waals surface area contributed by atoms with Crippen LogP contribution in [0.15, 0.2) is 29.6 Å². The number of hydrogen-bond donors (Lipinski definition) is 1. The maximum Gasteiger partial charge on any atom is 0.152 e. The Balaban J connectivity index is 1.94. The van der Waals surface area contributed by atoms with E-state index in [1.165, 1.54) is 5.56 Å². The lowest BCUT2D eigenvalue weighted by Crippen LogP contribution is -2.26. The van der Waals surface area contributed by atoms with Gasteiger partial charge >= 0.3 is 0 Å². The van der Waals surface area contributed by atoms with Gasteiger partial charge in [0.25, 0.3) is 0 Å². The molecular formula is C14H16N2OS. The topological polar surface area (TPSA) is 34.2 Å². The molecule has 3 rings (SSSR count). The molecule has 1 N–H and O–H groups in total. The second-order valence-electron chi connectivity index (χ2n) is 4.55. The number of benzene rings is 1. The van der Waals surface area contributed by atoms with Crippen molar-refractivity contribution in [2.24, 2.45) is 0 Å². The molecule has 0 saturated carbocycles. The highest BCUT2D eigenvalue weighted by molar-refractivity contribution is 7.09. The van der Waals surface area contributed by atoms with Gasteiger partial charge in [0.05, 0.1) is 0 Å². The zero-order valence-electron chi connectivity index (χ0n) is 10.5. The minimum absolute atomic E-state index is 0.0658. The van der Waals surface area contributed by atoms with Gasteiger partial charge in [-0.25, -0.2) is 4.98 Å². The van der Waals surface area contributed by atoms with Crippen molar-refractivity contribution in [3.05, 3.63) is 45.9 Å². The number of aryl methyl sites for hydroxylation is 1. The van der Waals surface area contributed by atoms with Crippen molar-refractivity contribution in [3.63, 3.8) is 0 Å². The van der Waals surface area contributed by atoms with E-state index in [9.17, 15) is 0 Å². The van der Waals surface area contributed by atoms with Crippen molar-refractivity contribution in [3.8, 4) is 5.75 Å². The molecule has 0 radical (unpaired) electrons. The quantitative estimate of drug-likeness (QED) is 0.900. The van der Waals surface area contributed by atoms with Gasteiger partial charge < -0.3 is 10.1 Å². The number of thiazole rings is 1. The van der Waals surface area contributed by atoms with E-state index >= 15 is 0 Å². The third kappa shape index (κ3) is 2.02. The summed E-state index contributed by atoms with van der Waals surface area (Å²) in [6.45, 7) is 2.02. The van der Waals surface area contributed by atoms with Crippen LogP contribution in [0, 0.1) is 6.92 Å². The van der Waals surface area contributed by atoms with Gasteiger partial charge in [-0.2, -0.15) is 0 Å². The summed E-state index contributed by atoms with van der Waals surface area (Å²) in [7, 11) is 2.00. The lowest BCUT2D eigenvalue weighted by Gasteiger charge is -2.31. The Kier molecular flexibility index (Phi) is 3.06. The van der Waals surface area contributed by atoms with Crippen LogP contribution < -0.4 is 10.1 Å². The summed E-state index contributed by atoms with van der Waals surface area (Å²) in [6, 6.07) is 8.57. The van der Waals surface area contributed by atoms with E-state index in [2.05, 4.69) is 27.8 Å². The molecule has 0 spiro atoms. The molecule has 18 heavy (non-hydrogen) atoms. The number of rotatable bonds is 2. The summed E-state index contributed by atoms with van der Waals surface area (Å²) in [6.07, 6.45) is 0.997. The summed E-state index contributed by atoms with van der Waals surface area (Å²) in [5.41, 5.74) is 2.31. The second kappa shape index (κ2) is 4.71. The van der Waals surface area contributed by atoms with Crippen molar-refractivity contribution < 1.29 is 4.74 Å². The van der Waals surface area contributed by atoms with E-state index in [-0.39, 0.29) is 6.10 Å². The number of aromatic nitrogens is 1. The van der Waals surface area contributed by atoms with Gasteiger partial charge in [0.15, 0.2) is 6.10 Å². The van der Waals surface area contributed by atoms with Crippen molar-refractivity contribution in [1.29, 1.82) is 0 Å². The molecule has 4 heteroatoms. The van der Waals surface area contributed by atoms with Gasteiger partial charge in [0.2, 0.25) is 0 Å². The van der Waals surface area contributed by atoms with Gasteiger partial charge in [-0.05, 0) is 20.0 Å². The van der Waals surface area contributed by atoms with Crippen LogP contribution >= 0.6 is 11.3 Å². The molecule has 0 amide bonds. The van der Waals surface area contributed by atoms with Crippen LogP contribution in [0.3, 0.4) is 0 Å². The third-order valence-corrected chi connectivity index (χ3v) is 4.33. The molecule has 0 aliphatic carbocycles. The molecule has 2 unspecified atom stereocenters. The summed E-state index contributed by atoms with van der Waals surface area (Å²) < 4.78 is 6.07. The highest BCUT2D eigenvalue weighted by Crippen LogP contribution is 2.40. The monoisotopic (exact) mass is 260 g/mol. The van der Waals surface area contributed by atoms with Gasteiger partial charge in [-0.1, -0.05) is 18.2 Å².